The molecule has 0 rings (SSSR count). The molecule has 0 fully saturated rings. The molecule has 24 heavy (non-hydrogen) atoms. The van der Waals surface area contributed by atoms with Gasteiger partial charge in [0.05, 0.1) is 0 Å². The zero-order valence-corrected chi connectivity index (χ0v) is 24.0. The Bertz CT molecular complexity index is 0. The minimum Gasteiger partial charge on any atom is -0.0683 e. The summed E-state index contributed by atoms with van der Waals surface area (Å²) in [6, 6.07) is 0. The standard InChI is InChI=1S/12C2H6/c12*1-2/h12*1-2H3. The van der Waals surface area contributed by atoms with E-state index in [0.717, 1.165) is 0 Å². The van der Waals surface area contributed by atoms with Crippen molar-refractivity contribution in [3.05, 3.63) is 0 Å². The van der Waals surface area contributed by atoms with Crippen molar-refractivity contribution in [3.8, 4) is 0 Å². The Labute approximate surface area is 166 Å². The fourth-order valence-electron chi connectivity index (χ4n) is 0. The van der Waals surface area contributed by atoms with Crippen molar-refractivity contribution < 1.29 is 0 Å². The van der Waals surface area contributed by atoms with Crippen LogP contribution in [-0.2, 0) is 0 Å². The van der Waals surface area contributed by atoms with Crippen molar-refractivity contribution in [2.45, 2.75) is 166 Å². The van der Waals surface area contributed by atoms with Crippen LogP contribution < -0.4 is 0 Å². The third-order valence-corrected chi connectivity index (χ3v) is 0. The predicted molar refractivity (Wildman–Crippen MR) is 136 cm³/mol. The maximum Gasteiger partial charge on any atom is -0.0683 e. The zero-order chi connectivity index (χ0) is 24.0. The molecule has 0 aromatic heterocycles. The molecule has 0 atom stereocenters. The lowest BCUT2D eigenvalue weighted by molar-refractivity contribution is 1.50. The highest BCUT2D eigenvalue weighted by Gasteiger charge is 0.954. The minimum absolute atomic E-state index is 2.00. The van der Waals surface area contributed by atoms with Gasteiger partial charge in [-0.05, 0) is 0 Å². The van der Waals surface area contributed by atoms with Crippen LogP contribution in [-0.4, -0.2) is 0 Å². The van der Waals surface area contributed by atoms with Crippen LogP contribution in [0.4, 0.5) is 0 Å². The van der Waals surface area contributed by atoms with Crippen molar-refractivity contribution in [2.24, 2.45) is 0 Å². The van der Waals surface area contributed by atoms with Gasteiger partial charge in [-0.1, -0.05) is 166 Å². The first-order valence-corrected chi connectivity index (χ1v) is 12.0. The van der Waals surface area contributed by atoms with Gasteiger partial charge < -0.3 is 0 Å². The summed E-state index contributed by atoms with van der Waals surface area (Å²) >= 11 is 0. The summed E-state index contributed by atoms with van der Waals surface area (Å²) in [4.78, 5) is 0. The number of hydrogen-bond donors (Lipinski definition) is 0. The van der Waals surface area contributed by atoms with E-state index in [0.29, 0.717) is 0 Å². The Hall–Kier alpha value is 0. The average Bonchev–Trinajstić information content (AvgIpc) is 2.84. The molecule has 0 spiro atoms. The van der Waals surface area contributed by atoms with Gasteiger partial charge in [-0.2, -0.15) is 0 Å². The summed E-state index contributed by atoms with van der Waals surface area (Å²) < 4.78 is 0. The molecule has 0 aromatic rings. The highest BCUT2D eigenvalue weighted by molar-refractivity contribution is 3.53. The van der Waals surface area contributed by atoms with Crippen LogP contribution in [0.15, 0.2) is 0 Å². The van der Waals surface area contributed by atoms with Crippen LogP contribution in [0.2, 0.25) is 0 Å². The van der Waals surface area contributed by atoms with Crippen LogP contribution in [0.1, 0.15) is 166 Å². The normalized spacial score (nSPS) is 3.00. The van der Waals surface area contributed by atoms with Crippen LogP contribution in [0.3, 0.4) is 0 Å². The van der Waals surface area contributed by atoms with E-state index in [1.807, 2.05) is 166 Å². The van der Waals surface area contributed by atoms with Gasteiger partial charge in [0.2, 0.25) is 0 Å². The van der Waals surface area contributed by atoms with E-state index in [1.165, 1.54) is 0 Å². The van der Waals surface area contributed by atoms with Crippen molar-refractivity contribution in [1.29, 1.82) is 0 Å². The Balaban J connectivity index is -0.00000000655. The Kier molecular flexibility index (Phi) is 0. The number of rotatable bonds is 0. The van der Waals surface area contributed by atoms with Crippen molar-refractivity contribution in [3.63, 3.8) is 0 Å². The molecule has 0 aliphatic heterocycles. The van der Waals surface area contributed by atoms with Gasteiger partial charge in [0.1, 0.15) is 0 Å². The van der Waals surface area contributed by atoms with Crippen LogP contribution >= 0.6 is 0 Å². The van der Waals surface area contributed by atoms with E-state index >= 15 is 0 Å². The molecule has 0 amide bonds. The molecule has 0 aliphatic carbocycles. The maximum absolute atomic E-state index is 2.00. The van der Waals surface area contributed by atoms with Gasteiger partial charge in [-0.3, -0.25) is 0 Å². The Morgan fingerprint density at radius 2 is 0.0833 bits per heavy atom. The van der Waals surface area contributed by atoms with Gasteiger partial charge in [-0.15, -0.1) is 0 Å². The second-order valence-electron chi connectivity index (χ2n) is 0. The average molecular weight is 361 g/mol. The van der Waals surface area contributed by atoms with E-state index in [-0.39, 0.29) is 0 Å². The quantitative estimate of drug-likeness (QED) is 0.402. The summed E-state index contributed by atoms with van der Waals surface area (Å²) in [6.07, 6.45) is 0. The molecule has 0 saturated carbocycles. The molecule has 0 nitrogen and oxygen atoms in total. The van der Waals surface area contributed by atoms with Crippen molar-refractivity contribution in [2.75, 3.05) is 0 Å². The maximum atomic E-state index is 2.00. The first-order valence-electron chi connectivity index (χ1n) is 12.0. The molecule has 0 heteroatoms. The van der Waals surface area contributed by atoms with Crippen molar-refractivity contribution >= 4 is 0 Å². The van der Waals surface area contributed by atoms with Gasteiger partial charge in [0.25, 0.3) is 0 Å². The predicted octanol–water partition coefficient (Wildman–Crippen LogP) is 12.3. The largest absolute Gasteiger partial charge is 0.0683 e. The molecule has 0 saturated heterocycles. The molecule has 0 bridgehead atoms. The highest BCUT2D eigenvalue weighted by atomic mass is 13.0. The van der Waals surface area contributed by atoms with Gasteiger partial charge in [-0.25, -0.2) is 0 Å². The molecule has 0 unspecified atom stereocenters. The molecule has 0 heterocycles. The molecular formula is C24H72. The molecular weight excluding hydrogens is 288 g/mol. The lowest BCUT2D eigenvalue weighted by Crippen LogP contribution is -0.856. The first kappa shape index (κ1) is 88.2. The van der Waals surface area contributed by atoms with E-state index in [4.69, 9.17) is 0 Å². The Morgan fingerprint density at radius 1 is 0.0833 bits per heavy atom. The lowest BCUT2D eigenvalue weighted by Gasteiger charge is -1.07. The fraction of sp³-hybridized carbons (Fsp3) is 1.00. The zero-order valence-electron chi connectivity index (χ0n) is 24.0. The monoisotopic (exact) mass is 361 g/mol. The van der Waals surface area contributed by atoms with Crippen molar-refractivity contribution in [1.82, 2.24) is 0 Å². The second-order valence-corrected chi connectivity index (χ2v) is 0. The summed E-state index contributed by atoms with van der Waals surface area (Å²) in [6.45, 7) is 48.0. The lowest BCUT2D eigenvalue weighted by atomic mass is 11.0. The van der Waals surface area contributed by atoms with E-state index in [2.05, 4.69) is 0 Å². The van der Waals surface area contributed by atoms with E-state index < -0.39 is 0 Å². The summed E-state index contributed by atoms with van der Waals surface area (Å²) in [5.74, 6) is 0. The first-order chi connectivity index (χ1) is 12.0. The van der Waals surface area contributed by atoms with Crippen LogP contribution in [0.25, 0.3) is 0 Å². The molecule has 168 valence electrons. The molecule has 0 aromatic carbocycles. The number of hydrogen-bond acceptors (Lipinski definition) is 0. The fourth-order valence-corrected chi connectivity index (χ4v) is 0. The van der Waals surface area contributed by atoms with E-state index in [1.54, 1.807) is 0 Å². The third kappa shape index (κ3) is 0. The third-order valence-electron chi connectivity index (χ3n) is 0. The van der Waals surface area contributed by atoms with Gasteiger partial charge in [0, 0.05) is 0 Å². The molecule has 0 aliphatic rings. The van der Waals surface area contributed by atoms with Crippen LogP contribution in [0, 0.1) is 0 Å². The topological polar surface area (TPSA) is 0 Å². The summed E-state index contributed by atoms with van der Waals surface area (Å²) in [7, 11) is 0. The smallest absolute Gasteiger partial charge is 0.0683 e. The summed E-state index contributed by atoms with van der Waals surface area (Å²) in [5.41, 5.74) is 0. The van der Waals surface area contributed by atoms with Gasteiger partial charge in [0.15, 0.2) is 0 Å². The Morgan fingerprint density at radius 3 is 0.0833 bits per heavy atom. The summed E-state index contributed by atoms with van der Waals surface area (Å²) in [5, 5.41) is 0. The molecule has 0 N–H and O–H groups in total. The highest BCUT2D eigenvalue weighted by Crippen LogP contribution is 1.17. The minimum atomic E-state index is 2.00. The molecule has 0 radical (unpaired) electrons. The van der Waals surface area contributed by atoms with E-state index in [9.17, 15) is 0 Å². The van der Waals surface area contributed by atoms with Gasteiger partial charge >= 0.3 is 0 Å². The SMILES string of the molecule is CC.CC.CC.CC.CC.CC.CC.CC.CC.CC.CC.CC. The second kappa shape index (κ2) is 0. The van der Waals surface area contributed by atoms with Crippen LogP contribution in [0.5, 0.6) is 0 Å².